The summed E-state index contributed by atoms with van der Waals surface area (Å²) in [7, 11) is 0. The van der Waals surface area contributed by atoms with Gasteiger partial charge in [0.15, 0.2) is 5.13 Å². The Morgan fingerprint density at radius 1 is 1.44 bits per heavy atom. The van der Waals surface area contributed by atoms with Gasteiger partial charge < -0.3 is 10.1 Å². The van der Waals surface area contributed by atoms with E-state index in [2.05, 4.69) is 10.3 Å². The van der Waals surface area contributed by atoms with Crippen molar-refractivity contribution in [2.75, 3.05) is 31.6 Å². The summed E-state index contributed by atoms with van der Waals surface area (Å²) >= 11 is 3.02. The number of thiophene rings is 1. The molecule has 0 aliphatic carbocycles. The molecular weight excluding hydrogens is 368 g/mol. The molecule has 1 unspecified atom stereocenters. The number of alkyl halides is 2. The van der Waals surface area contributed by atoms with E-state index in [1.807, 2.05) is 26.0 Å². The molecule has 2 aromatic rings. The molecule has 1 atom stereocenters. The van der Waals surface area contributed by atoms with Gasteiger partial charge in [-0.15, -0.1) is 22.7 Å². The molecule has 0 radical (unpaired) electrons. The number of nitrogens with zero attached hydrogens (tertiary/aromatic N) is 2. The predicted octanol–water partition coefficient (Wildman–Crippen LogP) is 3.39. The molecule has 0 bridgehead atoms. The molecule has 1 N–H and O–H groups in total. The number of carbonyl (C=O) groups excluding carboxylic acids is 1. The molecule has 3 rings (SSSR count). The van der Waals surface area contributed by atoms with Crippen molar-refractivity contribution < 1.29 is 18.3 Å². The fraction of sp³-hybridized carbons (Fsp3) is 0.500. The molecule has 1 fully saturated rings. The molecule has 1 saturated heterocycles. The lowest BCUT2D eigenvalue weighted by molar-refractivity contribution is -0.128. The summed E-state index contributed by atoms with van der Waals surface area (Å²) in [6.07, 6.45) is -2.48. The summed E-state index contributed by atoms with van der Waals surface area (Å²) in [5.41, 5.74) is 0.850. The first-order valence-corrected chi connectivity index (χ1v) is 9.52. The van der Waals surface area contributed by atoms with Crippen LogP contribution >= 0.6 is 22.7 Å². The molecule has 5 nitrogen and oxygen atoms in total. The fourth-order valence-corrected chi connectivity index (χ4v) is 4.51. The van der Waals surface area contributed by atoms with E-state index in [-0.39, 0.29) is 12.5 Å². The van der Waals surface area contributed by atoms with Crippen LogP contribution in [0.2, 0.25) is 0 Å². The van der Waals surface area contributed by atoms with Crippen LogP contribution in [0.25, 0.3) is 10.6 Å². The highest BCUT2D eigenvalue weighted by atomic mass is 32.1. The van der Waals surface area contributed by atoms with Gasteiger partial charge in [-0.05, 0) is 26.0 Å². The van der Waals surface area contributed by atoms with Crippen LogP contribution < -0.4 is 5.32 Å². The second-order valence-corrected chi connectivity index (χ2v) is 8.29. The number of aromatic nitrogens is 1. The molecule has 9 heteroatoms. The van der Waals surface area contributed by atoms with Crippen molar-refractivity contribution in [2.45, 2.75) is 26.3 Å². The number of hydrogen-bond acceptors (Lipinski definition) is 6. The van der Waals surface area contributed by atoms with Gasteiger partial charge in [-0.1, -0.05) is 0 Å². The van der Waals surface area contributed by atoms with Gasteiger partial charge in [0.05, 0.1) is 30.3 Å². The topological polar surface area (TPSA) is 54.5 Å². The van der Waals surface area contributed by atoms with Crippen LogP contribution in [0.15, 0.2) is 12.1 Å². The third kappa shape index (κ3) is 4.41. The first-order valence-electron chi connectivity index (χ1n) is 7.89. The summed E-state index contributed by atoms with van der Waals surface area (Å²) in [5.74, 6) is -0.358. The number of carbonyl (C=O) groups is 1. The van der Waals surface area contributed by atoms with Crippen LogP contribution in [0.1, 0.15) is 9.75 Å². The summed E-state index contributed by atoms with van der Waals surface area (Å²) < 4.78 is 30.7. The first kappa shape index (κ1) is 18.4. The number of aryl methyl sites for hydroxylation is 2. The molecule has 0 aromatic carbocycles. The van der Waals surface area contributed by atoms with Crippen LogP contribution in [0.4, 0.5) is 13.9 Å². The summed E-state index contributed by atoms with van der Waals surface area (Å²) in [5, 5.41) is 3.24. The minimum Gasteiger partial charge on any atom is -0.378 e. The maximum Gasteiger partial charge on any atom is 0.251 e. The van der Waals surface area contributed by atoms with Gasteiger partial charge in [-0.3, -0.25) is 9.69 Å². The molecule has 1 aliphatic rings. The number of hydrogen-bond donors (Lipinski definition) is 1. The van der Waals surface area contributed by atoms with Crippen molar-refractivity contribution in [3.05, 3.63) is 21.9 Å². The van der Waals surface area contributed by atoms with E-state index >= 15 is 0 Å². The standard InChI is InChI=1S/C16H19F2N3O2S2/c1-9-3-4-12(24-9)14-10(2)25-16(19-14)20-15(22)11-8-23-6-5-21(11)7-13(17)18/h3-4,11,13H,5-8H2,1-2H3,(H,19,20,22). The molecule has 1 aliphatic heterocycles. The second kappa shape index (κ2) is 7.86. The van der Waals surface area contributed by atoms with Gasteiger partial charge in [-0.25, -0.2) is 13.8 Å². The SMILES string of the molecule is Cc1ccc(-c2nc(NC(=O)C3COCCN3CC(F)F)sc2C)s1. The fourth-order valence-electron chi connectivity index (χ4n) is 2.70. The monoisotopic (exact) mass is 387 g/mol. The average molecular weight is 387 g/mol. The zero-order chi connectivity index (χ0) is 18.0. The van der Waals surface area contributed by atoms with Crippen molar-refractivity contribution >= 4 is 33.7 Å². The van der Waals surface area contributed by atoms with Crippen molar-refractivity contribution in [2.24, 2.45) is 0 Å². The number of rotatable bonds is 5. The second-order valence-electron chi connectivity index (χ2n) is 5.80. The zero-order valence-corrected chi connectivity index (χ0v) is 15.6. The smallest absolute Gasteiger partial charge is 0.251 e. The Bertz CT molecular complexity index is 748. The summed E-state index contributed by atoms with van der Waals surface area (Å²) in [6, 6.07) is 3.31. The average Bonchev–Trinajstić information content (AvgIpc) is 3.13. The van der Waals surface area contributed by atoms with Gasteiger partial charge >= 0.3 is 0 Å². The van der Waals surface area contributed by atoms with Crippen LogP contribution in [-0.2, 0) is 9.53 Å². The molecule has 2 aromatic heterocycles. The Morgan fingerprint density at radius 2 is 2.24 bits per heavy atom. The number of halogens is 2. The minimum atomic E-state index is -2.48. The number of morpholine rings is 1. The molecule has 0 saturated carbocycles. The van der Waals surface area contributed by atoms with E-state index in [0.29, 0.717) is 18.3 Å². The van der Waals surface area contributed by atoms with E-state index in [9.17, 15) is 13.6 Å². The number of thiazole rings is 1. The van der Waals surface area contributed by atoms with Crippen LogP contribution in [0.5, 0.6) is 0 Å². The number of amides is 1. The number of ether oxygens (including phenoxy) is 1. The Labute approximate surface area is 152 Å². The van der Waals surface area contributed by atoms with Crippen molar-refractivity contribution in [1.29, 1.82) is 0 Å². The lowest BCUT2D eigenvalue weighted by Gasteiger charge is -2.33. The Balaban J connectivity index is 1.72. The molecule has 25 heavy (non-hydrogen) atoms. The third-order valence-electron chi connectivity index (χ3n) is 3.91. The van der Waals surface area contributed by atoms with Crippen molar-refractivity contribution in [3.63, 3.8) is 0 Å². The Kier molecular flexibility index (Phi) is 5.78. The van der Waals surface area contributed by atoms with Crippen molar-refractivity contribution in [3.8, 4) is 10.6 Å². The zero-order valence-electron chi connectivity index (χ0n) is 13.9. The summed E-state index contributed by atoms with van der Waals surface area (Å²) in [4.78, 5) is 21.7. The molecule has 3 heterocycles. The van der Waals surface area contributed by atoms with Crippen LogP contribution in [0.3, 0.4) is 0 Å². The number of anilines is 1. The molecule has 0 spiro atoms. The van der Waals surface area contributed by atoms with Crippen molar-refractivity contribution in [1.82, 2.24) is 9.88 Å². The highest BCUT2D eigenvalue weighted by Gasteiger charge is 2.31. The van der Waals surface area contributed by atoms with E-state index in [0.717, 1.165) is 15.4 Å². The van der Waals surface area contributed by atoms with E-state index in [1.165, 1.54) is 21.1 Å². The number of nitrogens with one attached hydrogen (secondary N) is 1. The minimum absolute atomic E-state index is 0.111. The van der Waals surface area contributed by atoms with Gasteiger partial charge in [0.25, 0.3) is 6.43 Å². The third-order valence-corrected chi connectivity index (χ3v) is 5.81. The van der Waals surface area contributed by atoms with Gasteiger partial charge in [0.1, 0.15) is 6.04 Å². The normalized spacial score (nSPS) is 18.7. The molecule has 1 amide bonds. The molecular formula is C16H19F2N3O2S2. The maximum atomic E-state index is 12.7. The van der Waals surface area contributed by atoms with E-state index in [4.69, 9.17) is 4.74 Å². The Morgan fingerprint density at radius 3 is 2.92 bits per heavy atom. The highest BCUT2D eigenvalue weighted by Crippen LogP contribution is 2.34. The van der Waals surface area contributed by atoms with Gasteiger partial charge in [0, 0.05) is 16.3 Å². The lowest BCUT2D eigenvalue weighted by Crippen LogP contribution is -2.53. The first-order chi connectivity index (χ1) is 11.9. The lowest BCUT2D eigenvalue weighted by atomic mass is 10.2. The maximum absolute atomic E-state index is 12.7. The quantitative estimate of drug-likeness (QED) is 0.854. The van der Waals surface area contributed by atoms with Gasteiger partial charge in [0.2, 0.25) is 5.91 Å². The summed E-state index contributed by atoms with van der Waals surface area (Å²) in [6.45, 7) is 4.33. The Hall–Kier alpha value is -1.42. The highest BCUT2D eigenvalue weighted by molar-refractivity contribution is 7.18. The van der Waals surface area contributed by atoms with E-state index < -0.39 is 19.0 Å². The van der Waals surface area contributed by atoms with Gasteiger partial charge in [-0.2, -0.15) is 0 Å². The predicted molar refractivity (Wildman–Crippen MR) is 95.7 cm³/mol. The van der Waals surface area contributed by atoms with Crippen LogP contribution in [0, 0.1) is 13.8 Å². The van der Waals surface area contributed by atoms with E-state index in [1.54, 1.807) is 11.3 Å². The largest absolute Gasteiger partial charge is 0.378 e. The molecule has 136 valence electrons. The van der Waals surface area contributed by atoms with Crippen LogP contribution in [-0.4, -0.2) is 54.6 Å².